The Morgan fingerprint density at radius 3 is 2.38 bits per heavy atom. The van der Waals surface area contributed by atoms with E-state index in [9.17, 15) is 0 Å². The lowest BCUT2D eigenvalue weighted by molar-refractivity contribution is -0.0188. The summed E-state index contributed by atoms with van der Waals surface area (Å²) in [4.78, 5) is 2.56. The molecule has 1 aliphatic heterocycles. The van der Waals surface area contributed by atoms with Crippen LogP contribution < -0.4 is 10.1 Å². The Morgan fingerprint density at radius 2 is 1.72 bits per heavy atom. The second-order valence-electron chi connectivity index (χ2n) is 7.13. The minimum Gasteiger partial charge on any atom is -0.497 e. The van der Waals surface area contributed by atoms with Gasteiger partial charge in [0.25, 0.3) is 0 Å². The van der Waals surface area contributed by atoms with Gasteiger partial charge in [-0.3, -0.25) is 4.90 Å². The number of nitrogens with zero attached hydrogens (tertiary/aromatic N) is 1. The second kappa shape index (κ2) is 11.3. The minimum absolute atomic E-state index is 0. The van der Waals surface area contributed by atoms with Crippen molar-refractivity contribution >= 4 is 56.7 Å². The van der Waals surface area contributed by atoms with Gasteiger partial charge in [-0.15, -0.1) is 24.8 Å². The molecule has 2 aromatic rings. The molecule has 2 unspecified atom stereocenters. The van der Waals surface area contributed by atoms with Crippen LogP contribution in [0.15, 0.2) is 45.3 Å². The number of hydrogen-bond acceptors (Lipinski definition) is 4. The molecule has 1 aliphatic carbocycles. The first-order chi connectivity index (χ1) is 13.1. The summed E-state index contributed by atoms with van der Waals surface area (Å²) in [5, 5.41) is 3.45. The third-order valence-corrected chi connectivity index (χ3v) is 6.29. The van der Waals surface area contributed by atoms with E-state index in [1.807, 2.05) is 6.07 Å². The molecule has 2 atom stereocenters. The molecule has 1 fully saturated rings. The maximum absolute atomic E-state index is 6.48. The highest BCUT2D eigenvalue weighted by Gasteiger charge is 2.38. The number of benzene rings is 2. The molecule has 1 saturated heterocycles. The fraction of sp³-hybridized carbons (Fsp3) is 0.429. The van der Waals surface area contributed by atoms with Crippen molar-refractivity contribution in [3.63, 3.8) is 0 Å². The smallest absolute Gasteiger partial charge is 0.119 e. The Labute approximate surface area is 201 Å². The quantitative estimate of drug-likeness (QED) is 0.541. The number of piperazine rings is 1. The highest BCUT2D eigenvalue weighted by molar-refractivity contribution is 9.11. The van der Waals surface area contributed by atoms with E-state index in [0.29, 0.717) is 6.61 Å². The van der Waals surface area contributed by atoms with Gasteiger partial charge in [-0.1, -0.05) is 37.9 Å². The summed E-state index contributed by atoms with van der Waals surface area (Å²) in [6, 6.07) is 13.0. The van der Waals surface area contributed by atoms with Crippen molar-refractivity contribution in [1.29, 1.82) is 0 Å². The molecule has 2 aliphatic rings. The summed E-state index contributed by atoms with van der Waals surface area (Å²) in [5.74, 6) is 0.922. The molecule has 29 heavy (non-hydrogen) atoms. The van der Waals surface area contributed by atoms with Crippen molar-refractivity contribution in [2.75, 3.05) is 33.3 Å². The summed E-state index contributed by atoms with van der Waals surface area (Å²) >= 11 is 7.13. The SMILES string of the molecule is COc1ccc2c(c1)C(N1CCNCC1)C(OCc1cc(Br)cc(Br)c1)C2.Cl.Cl. The van der Waals surface area contributed by atoms with Crippen molar-refractivity contribution in [3.8, 4) is 5.75 Å². The van der Waals surface area contributed by atoms with Gasteiger partial charge in [0.15, 0.2) is 0 Å². The predicted molar refractivity (Wildman–Crippen MR) is 129 cm³/mol. The number of fused-ring (bicyclic) bond motifs is 1. The third-order valence-electron chi connectivity index (χ3n) is 5.38. The Kier molecular flexibility index (Phi) is 9.74. The number of nitrogens with one attached hydrogen (secondary N) is 1. The van der Waals surface area contributed by atoms with E-state index in [0.717, 1.165) is 47.3 Å². The number of rotatable bonds is 5. The zero-order chi connectivity index (χ0) is 18.8. The molecular weight excluding hydrogens is 543 g/mol. The van der Waals surface area contributed by atoms with Crippen LogP contribution in [0.5, 0.6) is 5.75 Å². The standard InChI is InChI=1S/C21H24Br2N2O2.2ClH/c1-26-18-3-2-15-10-20(27-13-14-8-16(22)11-17(23)9-14)21(19(15)12-18)25-6-4-24-5-7-25;;/h2-3,8-9,11-12,20-21,24H,4-7,10,13H2,1H3;2*1H. The molecule has 4 rings (SSSR count). The van der Waals surface area contributed by atoms with Gasteiger partial charge in [0.2, 0.25) is 0 Å². The normalized spacial score (nSPS) is 21.1. The summed E-state index contributed by atoms with van der Waals surface area (Å²) in [6.45, 7) is 4.76. The Hall–Kier alpha value is -0.340. The summed E-state index contributed by atoms with van der Waals surface area (Å²) in [7, 11) is 1.73. The van der Waals surface area contributed by atoms with Gasteiger partial charge in [0, 0.05) is 41.5 Å². The van der Waals surface area contributed by atoms with E-state index < -0.39 is 0 Å². The number of halogens is 4. The van der Waals surface area contributed by atoms with Crippen molar-refractivity contribution in [3.05, 3.63) is 62.0 Å². The van der Waals surface area contributed by atoms with Crippen molar-refractivity contribution in [1.82, 2.24) is 10.2 Å². The van der Waals surface area contributed by atoms with E-state index >= 15 is 0 Å². The number of methoxy groups -OCH3 is 1. The van der Waals surface area contributed by atoms with Gasteiger partial charge < -0.3 is 14.8 Å². The molecule has 0 aromatic heterocycles. The van der Waals surface area contributed by atoms with E-state index in [1.165, 1.54) is 16.7 Å². The van der Waals surface area contributed by atoms with E-state index in [4.69, 9.17) is 9.47 Å². The summed E-state index contributed by atoms with van der Waals surface area (Å²) in [5.41, 5.74) is 3.90. The van der Waals surface area contributed by atoms with Crippen LogP contribution in [0.4, 0.5) is 0 Å². The van der Waals surface area contributed by atoms with Gasteiger partial charge in [0.05, 0.1) is 25.9 Å². The van der Waals surface area contributed by atoms with E-state index in [1.54, 1.807) is 7.11 Å². The molecule has 2 aromatic carbocycles. The lowest BCUT2D eigenvalue weighted by Gasteiger charge is -2.36. The van der Waals surface area contributed by atoms with Gasteiger partial charge >= 0.3 is 0 Å². The highest BCUT2D eigenvalue weighted by atomic mass is 79.9. The fourth-order valence-corrected chi connectivity index (χ4v) is 5.52. The van der Waals surface area contributed by atoms with Crippen LogP contribution >= 0.6 is 56.7 Å². The first kappa shape index (κ1) is 24.9. The average molecular weight is 569 g/mol. The monoisotopic (exact) mass is 566 g/mol. The second-order valence-corrected chi connectivity index (χ2v) is 8.96. The fourth-order valence-electron chi connectivity index (χ4n) is 4.13. The van der Waals surface area contributed by atoms with Crippen LogP contribution in [0.3, 0.4) is 0 Å². The van der Waals surface area contributed by atoms with Gasteiger partial charge in [-0.25, -0.2) is 0 Å². The molecule has 0 amide bonds. The van der Waals surface area contributed by atoms with Crippen LogP contribution in [0.1, 0.15) is 22.7 Å². The topological polar surface area (TPSA) is 33.7 Å². The first-order valence-electron chi connectivity index (χ1n) is 9.32. The van der Waals surface area contributed by atoms with Crippen LogP contribution in [-0.4, -0.2) is 44.3 Å². The lowest BCUT2D eigenvalue weighted by Crippen LogP contribution is -2.47. The van der Waals surface area contributed by atoms with E-state index in [-0.39, 0.29) is 37.0 Å². The molecule has 0 spiro atoms. The Bertz CT molecular complexity index is 799. The van der Waals surface area contributed by atoms with Crippen LogP contribution in [0, 0.1) is 0 Å². The van der Waals surface area contributed by atoms with Gasteiger partial charge in [0.1, 0.15) is 5.75 Å². The Morgan fingerprint density at radius 1 is 1.03 bits per heavy atom. The zero-order valence-electron chi connectivity index (χ0n) is 16.2. The van der Waals surface area contributed by atoms with Crippen LogP contribution in [-0.2, 0) is 17.8 Å². The Balaban J connectivity index is 0.00000150. The maximum atomic E-state index is 6.48. The highest BCUT2D eigenvalue weighted by Crippen LogP contribution is 2.40. The lowest BCUT2D eigenvalue weighted by atomic mass is 10.0. The summed E-state index contributed by atoms with van der Waals surface area (Å²) in [6.07, 6.45) is 1.10. The largest absolute Gasteiger partial charge is 0.497 e. The first-order valence-corrected chi connectivity index (χ1v) is 10.9. The molecule has 160 valence electrons. The molecule has 4 nitrogen and oxygen atoms in total. The predicted octanol–water partition coefficient (Wildman–Crippen LogP) is 5.15. The molecule has 0 radical (unpaired) electrons. The van der Waals surface area contributed by atoms with Crippen LogP contribution in [0.25, 0.3) is 0 Å². The molecule has 0 bridgehead atoms. The van der Waals surface area contributed by atoms with Gasteiger partial charge in [-0.2, -0.15) is 0 Å². The third kappa shape index (κ3) is 5.88. The molecule has 1 N–H and O–H groups in total. The van der Waals surface area contributed by atoms with Crippen molar-refractivity contribution < 1.29 is 9.47 Å². The average Bonchev–Trinajstić information content (AvgIpc) is 3.03. The number of ether oxygens (including phenoxy) is 2. The molecular formula is C21H26Br2Cl2N2O2. The van der Waals surface area contributed by atoms with Crippen molar-refractivity contribution in [2.45, 2.75) is 25.2 Å². The van der Waals surface area contributed by atoms with Crippen molar-refractivity contribution in [2.24, 2.45) is 0 Å². The van der Waals surface area contributed by atoms with E-state index in [2.05, 4.69) is 72.4 Å². The summed E-state index contributed by atoms with van der Waals surface area (Å²) < 4.78 is 14.1. The number of hydrogen-bond donors (Lipinski definition) is 1. The molecule has 0 saturated carbocycles. The van der Waals surface area contributed by atoms with Crippen LogP contribution in [0.2, 0.25) is 0 Å². The maximum Gasteiger partial charge on any atom is 0.119 e. The molecule has 1 heterocycles. The zero-order valence-corrected chi connectivity index (χ0v) is 21.0. The van der Waals surface area contributed by atoms with Gasteiger partial charge in [-0.05, 0) is 47.0 Å². The minimum atomic E-state index is 0. The molecule has 8 heteroatoms.